The summed E-state index contributed by atoms with van der Waals surface area (Å²) in [5, 5.41) is 0. The van der Waals surface area contributed by atoms with Gasteiger partial charge in [0.2, 0.25) is 0 Å². The summed E-state index contributed by atoms with van der Waals surface area (Å²) >= 11 is 4.89. The molecule has 0 N–H and O–H groups in total. The molecule has 0 radical (unpaired) electrons. The number of aryl methyl sites for hydroxylation is 1. The van der Waals surface area contributed by atoms with E-state index in [9.17, 15) is 0 Å². The molecule has 0 spiro atoms. The van der Waals surface area contributed by atoms with Crippen LogP contribution in [0.5, 0.6) is 0 Å². The quantitative estimate of drug-likeness (QED) is 0.718. The van der Waals surface area contributed by atoms with Crippen molar-refractivity contribution in [1.82, 2.24) is 0 Å². The molecule has 100 valence electrons. The lowest BCUT2D eigenvalue weighted by Crippen LogP contribution is -2.15. The molecule has 0 fully saturated rings. The molecule has 19 heavy (non-hydrogen) atoms. The zero-order chi connectivity index (χ0) is 14.0. The van der Waals surface area contributed by atoms with E-state index < -0.39 is 0 Å². The Hall–Kier alpha value is -1.21. The first-order chi connectivity index (χ1) is 8.91. The SMILES string of the molecule is Cc1ccc(C(C)(S)c2ccc(C(C)C)cc2)cc1. The Kier molecular flexibility index (Phi) is 4.05. The summed E-state index contributed by atoms with van der Waals surface area (Å²) in [6.45, 7) is 8.70. The Labute approximate surface area is 122 Å². The van der Waals surface area contributed by atoms with E-state index in [1.165, 1.54) is 22.3 Å². The highest BCUT2D eigenvalue weighted by Crippen LogP contribution is 2.36. The van der Waals surface area contributed by atoms with Crippen LogP contribution in [-0.2, 0) is 4.75 Å². The minimum Gasteiger partial charge on any atom is -0.163 e. The fourth-order valence-corrected chi connectivity index (χ4v) is 2.54. The standard InChI is InChI=1S/C18H22S/c1-13(2)15-7-11-17(12-8-15)18(4,19)16-9-5-14(3)6-10-16/h5-13,19H,1-4H3. The molecule has 0 aliphatic carbocycles. The van der Waals surface area contributed by atoms with Gasteiger partial charge >= 0.3 is 0 Å². The Balaban J connectivity index is 2.35. The zero-order valence-corrected chi connectivity index (χ0v) is 13.0. The van der Waals surface area contributed by atoms with Crippen LogP contribution in [0.3, 0.4) is 0 Å². The molecule has 2 aromatic rings. The van der Waals surface area contributed by atoms with Gasteiger partial charge in [0.05, 0.1) is 4.75 Å². The van der Waals surface area contributed by atoms with Crippen molar-refractivity contribution in [3.05, 3.63) is 70.8 Å². The molecule has 2 rings (SSSR count). The minimum atomic E-state index is -0.247. The molecule has 1 atom stereocenters. The lowest BCUT2D eigenvalue weighted by atomic mass is 9.90. The summed E-state index contributed by atoms with van der Waals surface area (Å²) in [4.78, 5) is 0. The van der Waals surface area contributed by atoms with Crippen molar-refractivity contribution in [3.8, 4) is 0 Å². The van der Waals surface area contributed by atoms with Crippen LogP contribution < -0.4 is 0 Å². The van der Waals surface area contributed by atoms with Crippen LogP contribution in [-0.4, -0.2) is 0 Å². The van der Waals surface area contributed by atoms with Crippen LogP contribution in [0.1, 0.15) is 48.9 Å². The zero-order valence-electron chi connectivity index (χ0n) is 12.1. The van der Waals surface area contributed by atoms with Crippen molar-refractivity contribution in [2.24, 2.45) is 0 Å². The lowest BCUT2D eigenvalue weighted by molar-refractivity contribution is 0.833. The van der Waals surface area contributed by atoms with E-state index in [0.717, 1.165) is 0 Å². The van der Waals surface area contributed by atoms with Gasteiger partial charge in [0.25, 0.3) is 0 Å². The predicted octanol–water partition coefficient (Wildman–Crippen LogP) is 5.31. The second kappa shape index (κ2) is 5.42. The second-order valence-electron chi connectivity index (χ2n) is 5.71. The molecule has 1 unspecified atom stereocenters. The van der Waals surface area contributed by atoms with Crippen molar-refractivity contribution < 1.29 is 0 Å². The highest BCUT2D eigenvalue weighted by Gasteiger charge is 2.24. The Morgan fingerprint density at radius 2 is 1.26 bits per heavy atom. The van der Waals surface area contributed by atoms with Crippen LogP contribution >= 0.6 is 12.6 Å². The van der Waals surface area contributed by atoms with Crippen molar-refractivity contribution in [2.45, 2.75) is 38.4 Å². The lowest BCUT2D eigenvalue weighted by Gasteiger charge is -2.25. The summed E-state index contributed by atoms with van der Waals surface area (Å²) in [7, 11) is 0. The van der Waals surface area contributed by atoms with E-state index >= 15 is 0 Å². The number of rotatable bonds is 3. The van der Waals surface area contributed by atoms with Gasteiger partial charge in [0.15, 0.2) is 0 Å². The third-order valence-electron chi connectivity index (χ3n) is 3.75. The van der Waals surface area contributed by atoms with E-state index in [0.29, 0.717) is 5.92 Å². The van der Waals surface area contributed by atoms with Gasteiger partial charge < -0.3 is 0 Å². The summed E-state index contributed by atoms with van der Waals surface area (Å²) in [6.07, 6.45) is 0. The van der Waals surface area contributed by atoms with Gasteiger partial charge in [-0.25, -0.2) is 0 Å². The van der Waals surface area contributed by atoms with Crippen LogP contribution in [0, 0.1) is 6.92 Å². The first-order valence-electron chi connectivity index (χ1n) is 6.81. The molecule has 0 saturated carbocycles. The highest BCUT2D eigenvalue weighted by atomic mass is 32.1. The maximum atomic E-state index is 4.89. The molecule has 2 aromatic carbocycles. The Bertz CT molecular complexity index is 533. The number of hydrogen-bond acceptors (Lipinski definition) is 1. The molecule has 0 aromatic heterocycles. The van der Waals surface area contributed by atoms with E-state index in [1.54, 1.807) is 0 Å². The monoisotopic (exact) mass is 270 g/mol. The topological polar surface area (TPSA) is 0 Å². The summed E-state index contributed by atoms with van der Waals surface area (Å²) in [6, 6.07) is 17.4. The Morgan fingerprint density at radius 3 is 1.68 bits per heavy atom. The fourth-order valence-electron chi connectivity index (χ4n) is 2.24. The Morgan fingerprint density at radius 1 is 0.842 bits per heavy atom. The van der Waals surface area contributed by atoms with Crippen molar-refractivity contribution in [1.29, 1.82) is 0 Å². The molecule has 1 heteroatoms. The summed E-state index contributed by atoms with van der Waals surface area (Å²) < 4.78 is -0.247. The largest absolute Gasteiger partial charge is 0.163 e. The number of thiol groups is 1. The summed E-state index contributed by atoms with van der Waals surface area (Å²) in [5.41, 5.74) is 5.13. The highest BCUT2D eigenvalue weighted by molar-refractivity contribution is 7.81. The van der Waals surface area contributed by atoms with Gasteiger partial charge in [-0.2, -0.15) is 12.6 Å². The molecule has 0 aliphatic heterocycles. The number of hydrogen-bond donors (Lipinski definition) is 1. The average molecular weight is 270 g/mol. The third kappa shape index (κ3) is 3.03. The van der Waals surface area contributed by atoms with Crippen LogP contribution in [0.15, 0.2) is 48.5 Å². The molecule has 0 nitrogen and oxygen atoms in total. The van der Waals surface area contributed by atoms with Crippen LogP contribution in [0.2, 0.25) is 0 Å². The van der Waals surface area contributed by atoms with Crippen LogP contribution in [0.4, 0.5) is 0 Å². The number of benzene rings is 2. The smallest absolute Gasteiger partial charge is 0.0598 e. The normalized spacial score (nSPS) is 14.4. The van der Waals surface area contributed by atoms with Gasteiger partial charge in [-0.15, -0.1) is 0 Å². The van der Waals surface area contributed by atoms with Gasteiger partial charge in [0.1, 0.15) is 0 Å². The maximum absolute atomic E-state index is 4.89. The molecule has 0 heterocycles. The first-order valence-corrected chi connectivity index (χ1v) is 7.26. The minimum absolute atomic E-state index is 0.247. The fraction of sp³-hybridized carbons (Fsp3) is 0.333. The van der Waals surface area contributed by atoms with Crippen molar-refractivity contribution >= 4 is 12.6 Å². The van der Waals surface area contributed by atoms with E-state index in [4.69, 9.17) is 12.6 Å². The summed E-state index contributed by atoms with van der Waals surface area (Å²) in [5.74, 6) is 0.569. The maximum Gasteiger partial charge on any atom is 0.0598 e. The first kappa shape index (κ1) is 14.2. The molecule has 0 aliphatic rings. The van der Waals surface area contributed by atoms with E-state index in [1.807, 2.05) is 0 Å². The van der Waals surface area contributed by atoms with Crippen molar-refractivity contribution in [3.63, 3.8) is 0 Å². The molecular weight excluding hydrogens is 248 g/mol. The van der Waals surface area contributed by atoms with E-state index in [2.05, 4.69) is 76.2 Å². The van der Waals surface area contributed by atoms with Gasteiger partial charge in [-0.1, -0.05) is 67.9 Å². The third-order valence-corrected chi connectivity index (χ3v) is 4.27. The van der Waals surface area contributed by atoms with Gasteiger partial charge in [0, 0.05) is 0 Å². The molecular formula is C18H22S. The van der Waals surface area contributed by atoms with Gasteiger partial charge in [-0.3, -0.25) is 0 Å². The predicted molar refractivity (Wildman–Crippen MR) is 87.2 cm³/mol. The van der Waals surface area contributed by atoms with Gasteiger partial charge in [-0.05, 0) is 36.5 Å². The average Bonchev–Trinajstić information content (AvgIpc) is 2.39. The van der Waals surface area contributed by atoms with Crippen molar-refractivity contribution in [2.75, 3.05) is 0 Å². The molecule has 0 bridgehead atoms. The second-order valence-corrected chi connectivity index (χ2v) is 6.61. The van der Waals surface area contributed by atoms with E-state index in [-0.39, 0.29) is 4.75 Å². The molecule has 0 amide bonds. The van der Waals surface area contributed by atoms with Crippen LogP contribution in [0.25, 0.3) is 0 Å². The molecule has 0 saturated heterocycles.